The minimum absolute atomic E-state index is 0.0413. The summed E-state index contributed by atoms with van der Waals surface area (Å²) in [5, 5.41) is 20.4. The number of nitro groups is 1. The molecule has 0 radical (unpaired) electrons. The summed E-state index contributed by atoms with van der Waals surface area (Å²) in [6, 6.07) is 6.74. The molecule has 0 bridgehead atoms. The van der Waals surface area contributed by atoms with Crippen LogP contribution in [0.1, 0.15) is 5.69 Å². The highest BCUT2D eigenvalue weighted by atomic mass is 79.9. The molecule has 6 nitrogen and oxygen atoms in total. The number of hydrogen-bond donors (Lipinski definition) is 2. The molecule has 2 N–H and O–H groups in total. The zero-order valence-electron chi connectivity index (χ0n) is 8.68. The van der Waals surface area contributed by atoms with Gasteiger partial charge in [0, 0.05) is 18.0 Å². The first-order valence-electron chi connectivity index (χ1n) is 4.83. The Hall–Kier alpha value is -1.89. The van der Waals surface area contributed by atoms with Gasteiger partial charge in [0.2, 0.25) is 0 Å². The number of aromatic amines is 1. The second-order valence-corrected chi connectivity index (χ2v) is 4.21. The molecule has 1 aromatic carbocycles. The van der Waals surface area contributed by atoms with Gasteiger partial charge in [0.05, 0.1) is 21.6 Å². The van der Waals surface area contributed by atoms with Gasteiger partial charge in [-0.3, -0.25) is 15.2 Å². The maximum absolute atomic E-state index is 10.7. The van der Waals surface area contributed by atoms with Crippen molar-refractivity contribution in [3.05, 3.63) is 50.7 Å². The molecule has 1 aromatic heterocycles. The molecule has 0 unspecified atom stereocenters. The number of H-pyrrole nitrogens is 1. The average Bonchev–Trinajstić information content (AvgIpc) is 2.80. The molecule has 7 heteroatoms. The van der Waals surface area contributed by atoms with Crippen molar-refractivity contribution in [2.24, 2.45) is 0 Å². The first-order chi connectivity index (χ1) is 8.16. The normalized spacial score (nSPS) is 10.2. The van der Waals surface area contributed by atoms with E-state index >= 15 is 0 Å². The van der Waals surface area contributed by atoms with Crippen molar-refractivity contribution >= 4 is 27.3 Å². The van der Waals surface area contributed by atoms with Crippen LogP contribution in [0.4, 0.5) is 11.4 Å². The summed E-state index contributed by atoms with van der Waals surface area (Å²) in [6.07, 6.45) is 1.65. The van der Waals surface area contributed by atoms with Gasteiger partial charge in [0.25, 0.3) is 5.69 Å². The summed E-state index contributed by atoms with van der Waals surface area (Å²) in [6.45, 7) is 0.540. The number of halogens is 1. The lowest BCUT2D eigenvalue weighted by Crippen LogP contribution is -2.00. The summed E-state index contributed by atoms with van der Waals surface area (Å²) in [7, 11) is 0. The molecule has 0 aliphatic carbocycles. The monoisotopic (exact) mass is 296 g/mol. The van der Waals surface area contributed by atoms with Gasteiger partial charge in [0.15, 0.2) is 0 Å². The minimum Gasteiger partial charge on any atom is -0.379 e. The van der Waals surface area contributed by atoms with Gasteiger partial charge in [-0.2, -0.15) is 5.10 Å². The molecule has 0 aliphatic heterocycles. The zero-order valence-corrected chi connectivity index (χ0v) is 10.3. The van der Waals surface area contributed by atoms with Crippen LogP contribution in [-0.2, 0) is 6.54 Å². The van der Waals surface area contributed by atoms with Crippen LogP contribution in [-0.4, -0.2) is 15.1 Å². The third-order valence-corrected chi connectivity index (χ3v) is 2.85. The lowest BCUT2D eigenvalue weighted by Gasteiger charge is -2.05. The van der Waals surface area contributed by atoms with Gasteiger partial charge in [-0.25, -0.2) is 0 Å². The third kappa shape index (κ3) is 2.82. The predicted octanol–water partition coefficient (Wildman–Crippen LogP) is 2.69. The lowest BCUT2D eigenvalue weighted by molar-refractivity contribution is -0.385. The Morgan fingerprint density at radius 1 is 1.47 bits per heavy atom. The van der Waals surface area contributed by atoms with Gasteiger partial charge in [-0.05, 0) is 34.1 Å². The maximum atomic E-state index is 10.7. The summed E-state index contributed by atoms with van der Waals surface area (Å²) in [4.78, 5) is 10.3. The Morgan fingerprint density at radius 3 is 2.94 bits per heavy atom. The number of anilines is 1. The second-order valence-electron chi connectivity index (χ2n) is 3.36. The predicted molar refractivity (Wildman–Crippen MR) is 66.7 cm³/mol. The fraction of sp³-hybridized carbons (Fsp3) is 0.100. The average molecular weight is 297 g/mol. The first kappa shape index (κ1) is 11.6. The quantitative estimate of drug-likeness (QED) is 0.671. The number of nitro benzene ring substituents is 1. The molecular weight excluding hydrogens is 288 g/mol. The highest BCUT2D eigenvalue weighted by Crippen LogP contribution is 2.27. The van der Waals surface area contributed by atoms with E-state index in [1.807, 2.05) is 6.07 Å². The van der Waals surface area contributed by atoms with Crippen LogP contribution < -0.4 is 5.32 Å². The standard InChI is InChI=1S/C10H9BrN4O2/c11-9-2-1-7(5-10(9)15(16)17)12-6-8-3-4-13-14-8/h1-5,12H,6H2,(H,13,14). The molecular formula is C10H9BrN4O2. The number of hydrogen-bond acceptors (Lipinski definition) is 4. The van der Waals surface area contributed by atoms with Crippen molar-refractivity contribution < 1.29 is 4.92 Å². The fourth-order valence-electron chi connectivity index (χ4n) is 1.34. The van der Waals surface area contributed by atoms with Crippen LogP contribution in [0.5, 0.6) is 0 Å². The van der Waals surface area contributed by atoms with E-state index < -0.39 is 4.92 Å². The maximum Gasteiger partial charge on any atom is 0.285 e. The molecule has 0 saturated carbocycles. The number of benzene rings is 1. The van der Waals surface area contributed by atoms with E-state index in [0.29, 0.717) is 16.7 Å². The van der Waals surface area contributed by atoms with E-state index in [1.165, 1.54) is 6.07 Å². The molecule has 0 saturated heterocycles. The number of nitrogens with zero attached hydrogens (tertiary/aromatic N) is 2. The molecule has 88 valence electrons. The lowest BCUT2D eigenvalue weighted by atomic mass is 10.2. The number of rotatable bonds is 4. The smallest absolute Gasteiger partial charge is 0.285 e. The molecule has 0 spiro atoms. The molecule has 2 aromatic rings. The van der Waals surface area contributed by atoms with Crippen LogP contribution >= 0.6 is 15.9 Å². The van der Waals surface area contributed by atoms with E-state index in [-0.39, 0.29) is 5.69 Å². The Kier molecular flexibility index (Phi) is 3.38. The van der Waals surface area contributed by atoms with E-state index in [2.05, 4.69) is 31.4 Å². The van der Waals surface area contributed by atoms with Crippen molar-refractivity contribution in [2.45, 2.75) is 6.54 Å². The largest absolute Gasteiger partial charge is 0.379 e. The molecule has 1 heterocycles. The van der Waals surface area contributed by atoms with Crippen molar-refractivity contribution in [3.63, 3.8) is 0 Å². The van der Waals surface area contributed by atoms with Crippen LogP contribution in [0.15, 0.2) is 34.9 Å². The van der Waals surface area contributed by atoms with Gasteiger partial charge in [-0.1, -0.05) is 0 Å². The number of aromatic nitrogens is 2. The number of nitrogens with one attached hydrogen (secondary N) is 2. The van der Waals surface area contributed by atoms with Crippen molar-refractivity contribution in [2.75, 3.05) is 5.32 Å². The molecule has 0 fully saturated rings. The molecule has 0 atom stereocenters. The van der Waals surface area contributed by atoms with E-state index in [9.17, 15) is 10.1 Å². The van der Waals surface area contributed by atoms with Crippen molar-refractivity contribution in [1.29, 1.82) is 0 Å². The van der Waals surface area contributed by atoms with E-state index in [1.54, 1.807) is 18.3 Å². The molecule has 0 aliphatic rings. The summed E-state index contributed by atoms with van der Waals surface area (Å²) < 4.78 is 0.467. The second kappa shape index (κ2) is 4.96. The summed E-state index contributed by atoms with van der Waals surface area (Å²) in [5.74, 6) is 0. The fourth-order valence-corrected chi connectivity index (χ4v) is 1.73. The van der Waals surface area contributed by atoms with E-state index in [0.717, 1.165) is 5.69 Å². The topological polar surface area (TPSA) is 83.8 Å². The van der Waals surface area contributed by atoms with Crippen molar-refractivity contribution in [1.82, 2.24) is 10.2 Å². The SMILES string of the molecule is O=[N+]([O-])c1cc(NCc2ccn[nH]2)ccc1Br. The molecule has 0 amide bonds. The van der Waals surface area contributed by atoms with Crippen LogP contribution in [0.25, 0.3) is 0 Å². The van der Waals surface area contributed by atoms with Crippen LogP contribution in [0.2, 0.25) is 0 Å². The van der Waals surface area contributed by atoms with Crippen LogP contribution in [0, 0.1) is 10.1 Å². The minimum atomic E-state index is -0.425. The van der Waals surface area contributed by atoms with Crippen molar-refractivity contribution in [3.8, 4) is 0 Å². The van der Waals surface area contributed by atoms with Gasteiger partial charge >= 0.3 is 0 Å². The molecule has 2 rings (SSSR count). The first-order valence-corrected chi connectivity index (χ1v) is 5.62. The van der Waals surface area contributed by atoms with Gasteiger partial charge in [0.1, 0.15) is 0 Å². The Balaban J connectivity index is 2.11. The summed E-state index contributed by atoms with van der Waals surface area (Å²) in [5.41, 5.74) is 1.64. The molecule has 17 heavy (non-hydrogen) atoms. The highest BCUT2D eigenvalue weighted by molar-refractivity contribution is 9.10. The van der Waals surface area contributed by atoms with Gasteiger partial charge < -0.3 is 5.32 Å². The summed E-state index contributed by atoms with van der Waals surface area (Å²) >= 11 is 3.14. The highest BCUT2D eigenvalue weighted by Gasteiger charge is 2.11. The Bertz CT molecular complexity index is 527. The zero-order chi connectivity index (χ0) is 12.3. The van der Waals surface area contributed by atoms with E-state index in [4.69, 9.17) is 0 Å². The van der Waals surface area contributed by atoms with Crippen LogP contribution in [0.3, 0.4) is 0 Å². The Labute approximate surface area is 105 Å². The third-order valence-electron chi connectivity index (χ3n) is 2.18. The van der Waals surface area contributed by atoms with Gasteiger partial charge in [-0.15, -0.1) is 0 Å². The Morgan fingerprint density at radius 2 is 2.29 bits per heavy atom.